The molecule has 0 aromatic rings. The van der Waals surface area contributed by atoms with Crippen molar-refractivity contribution in [2.75, 3.05) is 40.4 Å². The topological polar surface area (TPSA) is 9.23 Å². The molecule has 21 heavy (non-hydrogen) atoms. The second-order valence-corrected chi connectivity index (χ2v) is 5.19. The molecule has 1 aliphatic heterocycles. The van der Waals surface area contributed by atoms with Crippen LogP contribution in [0.1, 0.15) is 12.8 Å². The van der Waals surface area contributed by atoms with Gasteiger partial charge >= 0.3 is 19.0 Å². The van der Waals surface area contributed by atoms with Gasteiger partial charge in [-0.3, -0.25) is 0 Å². The fraction of sp³-hybridized carbons (Fsp3) is 1.00. The minimum absolute atomic E-state index is 0.913. The molecule has 1 aliphatic rings. The van der Waals surface area contributed by atoms with Gasteiger partial charge in [-0.25, -0.2) is 8.78 Å². The number of quaternary nitrogens is 1. The minimum atomic E-state index is -7.21. The zero-order valence-corrected chi connectivity index (χ0v) is 11.7. The quantitative estimate of drug-likeness (QED) is 0.436. The van der Waals surface area contributed by atoms with E-state index in [1.807, 2.05) is 0 Å². The standard InChI is InChI=1S/C8H18NO.C2BF8/c1-9(7-8-10-2)5-3-4-6-9;4-1(5,2(6,7)8)3(9,10)11/h3-8H2,1-2H3;/q+1;-1. The number of nitrogens with zero attached hydrogens (tertiary/aromatic N) is 1. The van der Waals surface area contributed by atoms with Crippen molar-refractivity contribution in [1.82, 2.24) is 0 Å². The molecule has 1 fully saturated rings. The molecule has 0 aliphatic carbocycles. The molecule has 0 spiro atoms. The first-order valence-electron chi connectivity index (χ1n) is 6.23. The van der Waals surface area contributed by atoms with Crippen LogP contribution < -0.4 is 0 Å². The molecular formula is C10H18BF8NO. The average molecular weight is 331 g/mol. The van der Waals surface area contributed by atoms with Crippen LogP contribution >= 0.6 is 0 Å². The Bertz CT molecular complexity index is 295. The van der Waals surface area contributed by atoms with E-state index in [2.05, 4.69) is 7.05 Å². The van der Waals surface area contributed by atoms with E-state index in [-0.39, 0.29) is 0 Å². The first-order chi connectivity index (χ1) is 9.27. The van der Waals surface area contributed by atoms with Crippen LogP contribution in [0.25, 0.3) is 0 Å². The number of halogens is 8. The van der Waals surface area contributed by atoms with Crippen molar-refractivity contribution in [2.45, 2.75) is 24.8 Å². The van der Waals surface area contributed by atoms with E-state index in [1.54, 1.807) is 7.11 Å². The van der Waals surface area contributed by atoms with Gasteiger partial charge in [-0.1, -0.05) is 0 Å². The molecule has 128 valence electrons. The number of hydrogen-bond acceptors (Lipinski definition) is 1. The van der Waals surface area contributed by atoms with Crippen LogP contribution in [0.5, 0.6) is 0 Å². The molecule has 0 unspecified atom stereocenters. The SMILES string of the molecule is COCC[N+]1(C)CCCC1.F[B-](F)(F)C(F)(F)C(F)(F)F. The number of likely N-dealkylation sites (N-methyl/N-ethyl adjacent to an activating group) is 1. The van der Waals surface area contributed by atoms with E-state index in [0.717, 1.165) is 6.61 Å². The van der Waals surface area contributed by atoms with Gasteiger partial charge in [-0.2, -0.15) is 13.2 Å². The van der Waals surface area contributed by atoms with Crippen LogP contribution in [-0.4, -0.2) is 63.9 Å². The smallest absolute Gasteiger partial charge is 0.445 e. The number of ether oxygens (including phenoxy) is 1. The highest BCUT2D eigenvalue weighted by molar-refractivity contribution is 6.61. The molecule has 0 bridgehead atoms. The van der Waals surface area contributed by atoms with Crippen LogP contribution in [0.15, 0.2) is 0 Å². The van der Waals surface area contributed by atoms with E-state index < -0.39 is 19.0 Å². The Morgan fingerprint density at radius 1 is 1.00 bits per heavy atom. The van der Waals surface area contributed by atoms with Crippen molar-refractivity contribution < 1.29 is 44.1 Å². The highest BCUT2D eigenvalue weighted by Gasteiger charge is 2.69. The molecular weight excluding hydrogens is 313 g/mol. The van der Waals surface area contributed by atoms with Crippen LogP contribution in [0.2, 0.25) is 0 Å². The van der Waals surface area contributed by atoms with Crippen molar-refractivity contribution in [3.05, 3.63) is 0 Å². The summed E-state index contributed by atoms with van der Waals surface area (Å²) in [5.41, 5.74) is 0. The van der Waals surface area contributed by atoms with Crippen molar-refractivity contribution in [1.29, 1.82) is 0 Å². The number of likely N-dealkylation sites (tertiary alicyclic amines) is 1. The summed E-state index contributed by atoms with van der Waals surface area (Å²) in [5, 5.41) is 0. The summed E-state index contributed by atoms with van der Waals surface area (Å²) < 4.78 is 94.1. The molecule has 0 radical (unpaired) electrons. The summed E-state index contributed by atoms with van der Waals surface area (Å²) in [6, 6.07) is 0. The average Bonchev–Trinajstić information content (AvgIpc) is 2.72. The maximum atomic E-state index is 11.2. The summed E-state index contributed by atoms with van der Waals surface area (Å²) in [6.07, 6.45) is -3.74. The Hall–Kier alpha value is -0.575. The van der Waals surface area contributed by atoms with E-state index in [0.29, 0.717) is 0 Å². The first-order valence-corrected chi connectivity index (χ1v) is 6.23. The number of rotatable bonds is 4. The summed E-state index contributed by atoms with van der Waals surface area (Å²) in [5.74, 6) is -6.56. The Morgan fingerprint density at radius 3 is 1.67 bits per heavy atom. The van der Waals surface area contributed by atoms with Crippen LogP contribution in [0.3, 0.4) is 0 Å². The summed E-state index contributed by atoms with van der Waals surface area (Å²) >= 11 is 0. The minimum Gasteiger partial charge on any atom is -0.445 e. The summed E-state index contributed by atoms with van der Waals surface area (Å²) in [4.78, 5) is 0. The van der Waals surface area contributed by atoms with E-state index >= 15 is 0 Å². The first kappa shape index (κ1) is 20.4. The largest absolute Gasteiger partial charge is 0.558 e. The number of alkyl halides is 5. The predicted molar refractivity (Wildman–Crippen MR) is 62.0 cm³/mol. The fourth-order valence-electron chi connectivity index (χ4n) is 1.82. The monoisotopic (exact) mass is 331 g/mol. The number of hydrogen-bond donors (Lipinski definition) is 0. The molecule has 1 saturated heterocycles. The third-order valence-electron chi connectivity index (χ3n) is 3.27. The molecule has 0 N–H and O–H groups in total. The molecule has 1 rings (SSSR count). The molecule has 11 heteroatoms. The molecule has 2 nitrogen and oxygen atoms in total. The van der Waals surface area contributed by atoms with E-state index in [4.69, 9.17) is 4.74 Å². The van der Waals surface area contributed by atoms with Crippen molar-refractivity contribution in [2.24, 2.45) is 0 Å². The Balaban J connectivity index is 0.000000382. The third kappa shape index (κ3) is 5.97. The van der Waals surface area contributed by atoms with Gasteiger partial charge < -0.3 is 22.2 Å². The zero-order chi connectivity index (χ0) is 16.9. The normalized spacial score (nSPS) is 19.1. The molecule has 0 aromatic heterocycles. The highest BCUT2D eigenvalue weighted by Crippen LogP contribution is 2.43. The van der Waals surface area contributed by atoms with Crippen molar-refractivity contribution in [3.8, 4) is 0 Å². The highest BCUT2D eigenvalue weighted by atomic mass is 19.4. The van der Waals surface area contributed by atoms with Gasteiger partial charge in [0.15, 0.2) is 0 Å². The Morgan fingerprint density at radius 2 is 1.43 bits per heavy atom. The van der Waals surface area contributed by atoms with Gasteiger partial charge in [0, 0.05) is 20.0 Å². The van der Waals surface area contributed by atoms with Crippen molar-refractivity contribution >= 4 is 6.98 Å². The lowest BCUT2D eigenvalue weighted by molar-refractivity contribution is -0.897. The molecule has 0 saturated carbocycles. The molecule has 0 amide bonds. The van der Waals surface area contributed by atoms with E-state index in [1.165, 1.54) is 37.0 Å². The maximum absolute atomic E-state index is 11.2. The summed E-state index contributed by atoms with van der Waals surface area (Å²) in [7, 11) is 4.11. The third-order valence-corrected chi connectivity index (χ3v) is 3.27. The van der Waals surface area contributed by atoms with Crippen LogP contribution in [-0.2, 0) is 4.74 Å². The van der Waals surface area contributed by atoms with Gasteiger partial charge in [0.1, 0.15) is 6.54 Å². The predicted octanol–water partition coefficient (Wildman–Crippen LogP) is 3.44. The lowest BCUT2D eigenvalue weighted by Crippen LogP contribution is -2.53. The molecule has 0 aromatic carbocycles. The second-order valence-electron chi connectivity index (χ2n) is 5.19. The lowest BCUT2D eigenvalue weighted by atomic mass is 9.80. The van der Waals surface area contributed by atoms with Gasteiger partial charge in [0.05, 0.1) is 26.7 Å². The number of methoxy groups -OCH3 is 1. The van der Waals surface area contributed by atoms with Crippen LogP contribution in [0.4, 0.5) is 34.9 Å². The van der Waals surface area contributed by atoms with Gasteiger partial charge in [-0.05, 0) is 0 Å². The Kier molecular flexibility index (Phi) is 6.93. The molecule has 1 heterocycles. The van der Waals surface area contributed by atoms with Gasteiger partial charge in [0.2, 0.25) is 0 Å². The van der Waals surface area contributed by atoms with Crippen LogP contribution in [0, 0.1) is 0 Å². The van der Waals surface area contributed by atoms with Gasteiger partial charge in [0.25, 0.3) is 0 Å². The maximum Gasteiger partial charge on any atom is 0.558 e. The van der Waals surface area contributed by atoms with Crippen molar-refractivity contribution in [3.63, 3.8) is 0 Å². The van der Waals surface area contributed by atoms with Gasteiger partial charge in [-0.15, -0.1) is 0 Å². The Labute approximate surface area is 117 Å². The van der Waals surface area contributed by atoms with E-state index in [9.17, 15) is 34.9 Å². The fourth-order valence-corrected chi connectivity index (χ4v) is 1.82. The summed E-state index contributed by atoms with van der Waals surface area (Å²) in [6.45, 7) is -2.40. The second kappa shape index (κ2) is 7.12. The molecule has 0 atom stereocenters. The lowest BCUT2D eigenvalue weighted by Gasteiger charge is -2.28. The zero-order valence-electron chi connectivity index (χ0n) is 11.7.